The fraction of sp³-hybridized carbons (Fsp3) is 0.346. The summed E-state index contributed by atoms with van der Waals surface area (Å²) in [6.45, 7) is 6.11. The number of carbonyl (C=O) groups excluding carboxylic acids is 1. The number of hydrogen-bond acceptors (Lipinski definition) is 6. The van der Waals surface area contributed by atoms with E-state index < -0.39 is 38.7 Å². The predicted molar refractivity (Wildman–Crippen MR) is 137 cm³/mol. The van der Waals surface area contributed by atoms with Crippen molar-refractivity contribution in [2.45, 2.75) is 43.6 Å². The Morgan fingerprint density at radius 3 is 2.06 bits per heavy atom. The van der Waals surface area contributed by atoms with Gasteiger partial charge in [0.2, 0.25) is 20.0 Å². The van der Waals surface area contributed by atoms with Crippen LogP contribution in [0.3, 0.4) is 0 Å². The minimum atomic E-state index is -3.98. The first kappa shape index (κ1) is 27.6. The number of allylic oxidation sites excluding steroid dienone is 1. The number of ether oxygens (including phenoxy) is 1. The van der Waals surface area contributed by atoms with E-state index in [-0.39, 0.29) is 29.4 Å². The van der Waals surface area contributed by atoms with E-state index in [4.69, 9.17) is 4.74 Å². The SMILES string of the molecule is CC#CCN(C[C@@H]1OC(=O)CN(S(=O)(=O)c2ccc(C)cc2)C/C1=C\C)S(=O)(=O)c1ccc(C)cc1. The first-order valence-corrected chi connectivity index (χ1v) is 14.2. The van der Waals surface area contributed by atoms with Gasteiger partial charge in [-0.05, 0) is 57.5 Å². The summed E-state index contributed by atoms with van der Waals surface area (Å²) in [5.74, 6) is 4.71. The Kier molecular flexibility index (Phi) is 8.74. The van der Waals surface area contributed by atoms with Gasteiger partial charge in [-0.15, -0.1) is 5.92 Å². The number of aryl methyl sites for hydroxylation is 2. The van der Waals surface area contributed by atoms with E-state index in [2.05, 4.69) is 11.8 Å². The Bertz CT molecular complexity index is 1400. The van der Waals surface area contributed by atoms with Crippen LogP contribution in [0.15, 0.2) is 70.0 Å². The van der Waals surface area contributed by atoms with Gasteiger partial charge in [-0.25, -0.2) is 16.8 Å². The first-order chi connectivity index (χ1) is 17.0. The highest BCUT2D eigenvalue weighted by Gasteiger charge is 2.37. The van der Waals surface area contributed by atoms with Crippen LogP contribution in [0.25, 0.3) is 0 Å². The third-order valence-electron chi connectivity index (χ3n) is 5.84. The molecular formula is C26H30N2O6S2. The summed E-state index contributed by atoms with van der Waals surface area (Å²) in [4.78, 5) is 12.9. The number of benzene rings is 2. The lowest BCUT2D eigenvalue weighted by atomic mass is 10.1. The normalized spacial score (nSPS) is 18.4. The van der Waals surface area contributed by atoms with Crippen LogP contribution in [-0.2, 0) is 29.6 Å². The van der Waals surface area contributed by atoms with Crippen LogP contribution < -0.4 is 0 Å². The second-order valence-corrected chi connectivity index (χ2v) is 12.3. The van der Waals surface area contributed by atoms with Gasteiger partial charge in [0.1, 0.15) is 12.6 Å². The fourth-order valence-corrected chi connectivity index (χ4v) is 6.41. The van der Waals surface area contributed by atoms with Crippen LogP contribution in [0.4, 0.5) is 0 Å². The lowest BCUT2D eigenvalue weighted by Crippen LogP contribution is -2.40. The number of sulfonamides is 2. The molecule has 0 aliphatic carbocycles. The van der Waals surface area contributed by atoms with Crippen molar-refractivity contribution in [3.63, 3.8) is 0 Å². The number of carbonyl (C=O) groups is 1. The van der Waals surface area contributed by atoms with Crippen molar-refractivity contribution < 1.29 is 26.4 Å². The van der Waals surface area contributed by atoms with Gasteiger partial charge in [0, 0.05) is 6.54 Å². The van der Waals surface area contributed by atoms with Gasteiger partial charge in [-0.3, -0.25) is 4.79 Å². The summed E-state index contributed by atoms with van der Waals surface area (Å²) in [6.07, 6.45) is 0.683. The van der Waals surface area contributed by atoms with Gasteiger partial charge in [-0.2, -0.15) is 8.61 Å². The molecule has 2 aromatic carbocycles. The average Bonchev–Trinajstić information content (AvgIpc) is 3.00. The molecule has 8 nitrogen and oxygen atoms in total. The number of esters is 1. The van der Waals surface area contributed by atoms with Crippen molar-refractivity contribution in [3.05, 3.63) is 71.3 Å². The van der Waals surface area contributed by atoms with Crippen molar-refractivity contribution >= 4 is 26.0 Å². The zero-order valence-corrected chi connectivity index (χ0v) is 22.4. The molecule has 0 amide bonds. The summed E-state index contributed by atoms with van der Waals surface area (Å²) >= 11 is 0. The monoisotopic (exact) mass is 530 g/mol. The number of hydrogen-bond donors (Lipinski definition) is 0. The molecule has 0 unspecified atom stereocenters. The fourth-order valence-electron chi connectivity index (χ4n) is 3.70. The molecule has 0 bridgehead atoms. The molecule has 10 heteroatoms. The van der Waals surface area contributed by atoms with Crippen LogP contribution in [0.5, 0.6) is 0 Å². The Balaban J connectivity index is 1.92. The van der Waals surface area contributed by atoms with Crippen LogP contribution >= 0.6 is 0 Å². The summed E-state index contributed by atoms with van der Waals surface area (Å²) < 4.78 is 61.2. The maximum absolute atomic E-state index is 13.4. The average molecular weight is 531 g/mol. The van der Waals surface area contributed by atoms with E-state index in [1.165, 1.54) is 24.3 Å². The van der Waals surface area contributed by atoms with E-state index in [0.29, 0.717) is 5.57 Å². The molecule has 1 aliphatic heterocycles. The topological polar surface area (TPSA) is 101 Å². The number of cyclic esters (lactones) is 1. The quantitative estimate of drug-likeness (QED) is 0.310. The van der Waals surface area contributed by atoms with E-state index in [0.717, 1.165) is 19.7 Å². The van der Waals surface area contributed by atoms with Gasteiger partial charge in [0.15, 0.2) is 0 Å². The van der Waals surface area contributed by atoms with E-state index in [1.807, 2.05) is 13.8 Å². The second kappa shape index (κ2) is 11.4. The Hall–Kier alpha value is -2.97. The second-order valence-electron chi connectivity index (χ2n) is 8.47. The molecule has 0 radical (unpaired) electrons. The highest BCUT2D eigenvalue weighted by molar-refractivity contribution is 7.89. The first-order valence-electron chi connectivity index (χ1n) is 11.4. The van der Waals surface area contributed by atoms with Crippen molar-refractivity contribution in [1.82, 2.24) is 8.61 Å². The molecule has 3 rings (SSSR count). The molecule has 2 aromatic rings. The molecule has 36 heavy (non-hydrogen) atoms. The molecule has 1 heterocycles. The molecule has 192 valence electrons. The van der Waals surface area contributed by atoms with Crippen molar-refractivity contribution in [3.8, 4) is 11.8 Å². The molecule has 1 fully saturated rings. The van der Waals surface area contributed by atoms with Gasteiger partial charge in [0.25, 0.3) is 0 Å². The highest BCUT2D eigenvalue weighted by Crippen LogP contribution is 2.25. The Labute approximate surface area is 213 Å². The van der Waals surface area contributed by atoms with Crippen LogP contribution in [0.2, 0.25) is 0 Å². The zero-order chi connectivity index (χ0) is 26.5. The van der Waals surface area contributed by atoms with Gasteiger partial charge in [0.05, 0.1) is 22.9 Å². The summed E-state index contributed by atoms with van der Waals surface area (Å²) in [5, 5.41) is 0. The largest absolute Gasteiger partial charge is 0.455 e. The predicted octanol–water partition coefficient (Wildman–Crippen LogP) is 2.88. The maximum Gasteiger partial charge on any atom is 0.321 e. The van der Waals surface area contributed by atoms with Crippen LogP contribution in [0.1, 0.15) is 25.0 Å². The molecule has 1 aliphatic rings. The molecule has 1 atom stereocenters. The third-order valence-corrected chi connectivity index (χ3v) is 9.47. The number of rotatable bonds is 7. The lowest BCUT2D eigenvalue weighted by molar-refractivity contribution is -0.146. The van der Waals surface area contributed by atoms with Crippen molar-refractivity contribution in [1.29, 1.82) is 0 Å². The number of nitrogens with zero attached hydrogens (tertiary/aromatic N) is 2. The Morgan fingerprint density at radius 1 is 0.972 bits per heavy atom. The van der Waals surface area contributed by atoms with Gasteiger partial charge < -0.3 is 4.74 Å². The zero-order valence-electron chi connectivity index (χ0n) is 20.8. The molecule has 0 N–H and O–H groups in total. The molecule has 0 aromatic heterocycles. The smallest absolute Gasteiger partial charge is 0.321 e. The van der Waals surface area contributed by atoms with E-state index in [1.54, 1.807) is 44.2 Å². The van der Waals surface area contributed by atoms with Gasteiger partial charge in [-0.1, -0.05) is 47.4 Å². The summed E-state index contributed by atoms with van der Waals surface area (Å²) in [6, 6.07) is 12.8. The van der Waals surface area contributed by atoms with E-state index >= 15 is 0 Å². The van der Waals surface area contributed by atoms with Crippen LogP contribution in [-0.4, -0.2) is 63.7 Å². The maximum atomic E-state index is 13.4. The standard InChI is InChI=1S/C26H30N2O6S2/c1-5-7-16-27(35(30,31)23-12-8-20(3)9-13-23)18-25-22(6-2)17-28(19-26(29)34-25)36(32,33)24-14-10-21(4)11-15-24/h6,8-15,25H,16-19H2,1-4H3/b22-6+/t25-/m0/s1. The lowest BCUT2D eigenvalue weighted by Gasteiger charge is -2.26. The minimum Gasteiger partial charge on any atom is -0.455 e. The van der Waals surface area contributed by atoms with Gasteiger partial charge >= 0.3 is 5.97 Å². The minimum absolute atomic E-state index is 0.0663. The molecule has 0 spiro atoms. The molecule has 1 saturated heterocycles. The van der Waals surface area contributed by atoms with E-state index in [9.17, 15) is 21.6 Å². The summed E-state index contributed by atoms with van der Waals surface area (Å²) in [7, 11) is -7.94. The molecule has 0 saturated carbocycles. The highest BCUT2D eigenvalue weighted by atomic mass is 32.2. The Morgan fingerprint density at radius 2 is 1.53 bits per heavy atom. The van der Waals surface area contributed by atoms with Crippen molar-refractivity contribution in [2.24, 2.45) is 0 Å². The van der Waals surface area contributed by atoms with Crippen LogP contribution in [0, 0.1) is 25.7 Å². The molecular weight excluding hydrogens is 500 g/mol. The summed E-state index contributed by atoms with van der Waals surface area (Å²) in [5.41, 5.74) is 2.30. The third kappa shape index (κ3) is 6.23. The van der Waals surface area contributed by atoms with Crippen molar-refractivity contribution in [2.75, 3.05) is 26.2 Å².